The summed E-state index contributed by atoms with van der Waals surface area (Å²) in [5.41, 5.74) is 3.44. The zero-order chi connectivity index (χ0) is 19.8. The van der Waals surface area contributed by atoms with Crippen molar-refractivity contribution in [1.29, 1.82) is 0 Å². The Kier molecular flexibility index (Phi) is 8.52. The highest BCUT2D eigenvalue weighted by atomic mass is 35.5. The monoisotopic (exact) mass is 405 g/mol. The van der Waals surface area contributed by atoms with Crippen LogP contribution in [0.4, 0.5) is 0 Å². The molecule has 0 bridgehead atoms. The number of nitrogens with one attached hydrogen (secondary N) is 1. The normalized spacial score (nSPS) is 12.1. The molecular weight excluding hydrogens is 378 g/mol. The topological polar surface area (TPSA) is 38.3 Å². The van der Waals surface area contributed by atoms with Gasteiger partial charge in [-0.1, -0.05) is 49.7 Å². The highest BCUT2D eigenvalue weighted by Gasteiger charge is 2.17. The lowest BCUT2D eigenvalue weighted by Gasteiger charge is -2.19. The van der Waals surface area contributed by atoms with E-state index in [1.54, 1.807) is 18.7 Å². The summed E-state index contributed by atoms with van der Waals surface area (Å²) < 4.78 is 5.96. The standard InChI is InChI=1S/C22H28ClNO2S/c1-15(2)20-9-8-16(3)12-21(20)26-17(4)22(25)24-10-11-27-14-18-6-5-7-19(23)13-18/h5-9,12-13,15,17H,10-11,14H2,1-4H3,(H,24,25)/t17-/m1/s1. The maximum Gasteiger partial charge on any atom is 0.260 e. The van der Waals surface area contributed by atoms with Gasteiger partial charge in [0.15, 0.2) is 6.10 Å². The summed E-state index contributed by atoms with van der Waals surface area (Å²) in [6, 6.07) is 14.0. The van der Waals surface area contributed by atoms with E-state index >= 15 is 0 Å². The van der Waals surface area contributed by atoms with Crippen molar-refractivity contribution < 1.29 is 9.53 Å². The number of hydrogen-bond acceptors (Lipinski definition) is 3. The Morgan fingerprint density at radius 3 is 2.67 bits per heavy atom. The third-order valence-corrected chi connectivity index (χ3v) is 5.43. The molecule has 0 aliphatic rings. The summed E-state index contributed by atoms with van der Waals surface area (Å²) in [5.74, 6) is 2.77. The molecular formula is C22H28ClNO2S. The lowest BCUT2D eigenvalue weighted by molar-refractivity contribution is -0.127. The van der Waals surface area contributed by atoms with E-state index in [1.807, 2.05) is 31.2 Å². The SMILES string of the molecule is Cc1ccc(C(C)C)c(O[C@H](C)C(=O)NCCSCc2cccc(Cl)c2)c1. The Hall–Kier alpha value is -1.65. The fraction of sp³-hybridized carbons (Fsp3) is 0.409. The lowest BCUT2D eigenvalue weighted by atomic mass is 10.0. The molecule has 27 heavy (non-hydrogen) atoms. The number of carbonyl (C=O) groups is 1. The zero-order valence-electron chi connectivity index (χ0n) is 16.4. The first-order valence-corrected chi connectivity index (χ1v) is 10.8. The molecule has 0 radical (unpaired) electrons. The van der Waals surface area contributed by atoms with Crippen LogP contribution in [0.2, 0.25) is 5.02 Å². The van der Waals surface area contributed by atoms with Gasteiger partial charge in [-0.15, -0.1) is 0 Å². The van der Waals surface area contributed by atoms with E-state index in [4.69, 9.17) is 16.3 Å². The second-order valence-electron chi connectivity index (χ2n) is 6.93. The van der Waals surface area contributed by atoms with E-state index in [2.05, 4.69) is 37.4 Å². The summed E-state index contributed by atoms with van der Waals surface area (Å²) in [6.45, 7) is 8.68. The molecule has 5 heteroatoms. The fourth-order valence-corrected chi connectivity index (χ4v) is 3.69. The number of thioether (sulfide) groups is 1. The average molecular weight is 406 g/mol. The van der Waals surface area contributed by atoms with E-state index in [9.17, 15) is 4.79 Å². The minimum Gasteiger partial charge on any atom is -0.481 e. The Bertz CT molecular complexity index is 764. The molecule has 0 heterocycles. The Balaban J connectivity index is 1.76. The summed E-state index contributed by atoms with van der Waals surface area (Å²) in [6.07, 6.45) is -0.526. The third-order valence-electron chi connectivity index (χ3n) is 4.17. The van der Waals surface area contributed by atoms with Gasteiger partial charge in [0, 0.05) is 23.1 Å². The van der Waals surface area contributed by atoms with Gasteiger partial charge in [0.2, 0.25) is 0 Å². The molecule has 0 fully saturated rings. The number of aryl methyl sites for hydroxylation is 1. The minimum absolute atomic E-state index is 0.0884. The third kappa shape index (κ3) is 7.11. The Morgan fingerprint density at radius 1 is 1.19 bits per heavy atom. The van der Waals surface area contributed by atoms with Crippen molar-refractivity contribution in [2.45, 2.75) is 45.5 Å². The number of carbonyl (C=O) groups excluding carboxylic acids is 1. The smallest absolute Gasteiger partial charge is 0.260 e. The van der Waals surface area contributed by atoms with Gasteiger partial charge in [-0.25, -0.2) is 0 Å². The number of hydrogen-bond donors (Lipinski definition) is 1. The molecule has 0 aliphatic carbocycles. The molecule has 1 N–H and O–H groups in total. The van der Waals surface area contributed by atoms with E-state index in [0.29, 0.717) is 12.5 Å². The number of benzene rings is 2. The molecule has 0 spiro atoms. The highest BCUT2D eigenvalue weighted by molar-refractivity contribution is 7.98. The van der Waals surface area contributed by atoms with Crippen LogP contribution < -0.4 is 10.1 Å². The molecule has 1 amide bonds. The van der Waals surface area contributed by atoms with E-state index in [1.165, 1.54) is 5.56 Å². The van der Waals surface area contributed by atoms with Gasteiger partial charge in [0.05, 0.1) is 0 Å². The molecule has 2 aromatic rings. The van der Waals surface area contributed by atoms with Crippen LogP contribution in [0.25, 0.3) is 0 Å². The van der Waals surface area contributed by atoms with Gasteiger partial charge in [0.25, 0.3) is 5.91 Å². The lowest BCUT2D eigenvalue weighted by Crippen LogP contribution is -2.37. The first-order valence-electron chi connectivity index (χ1n) is 9.24. The molecule has 0 aliphatic heterocycles. The van der Waals surface area contributed by atoms with Crippen LogP contribution in [0.15, 0.2) is 42.5 Å². The van der Waals surface area contributed by atoms with Crippen LogP contribution in [0.1, 0.15) is 43.4 Å². The average Bonchev–Trinajstić information content (AvgIpc) is 2.61. The molecule has 0 aromatic heterocycles. The number of rotatable bonds is 9. The van der Waals surface area contributed by atoms with E-state index < -0.39 is 6.10 Å². The molecule has 0 unspecified atom stereocenters. The van der Waals surface area contributed by atoms with Crippen molar-refractivity contribution >= 4 is 29.3 Å². The van der Waals surface area contributed by atoms with Crippen LogP contribution >= 0.6 is 23.4 Å². The van der Waals surface area contributed by atoms with Crippen molar-refractivity contribution in [2.75, 3.05) is 12.3 Å². The van der Waals surface area contributed by atoms with Crippen LogP contribution in [-0.4, -0.2) is 24.3 Å². The van der Waals surface area contributed by atoms with Gasteiger partial charge < -0.3 is 10.1 Å². The van der Waals surface area contributed by atoms with Gasteiger partial charge in [-0.05, 0) is 54.7 Å². The van der Waals surface area contributed by atoms with Crippen molar-refractivity contribution in [3.05, 3.63) is 64.2 Å². The first-order chi connectivity index (χ1) is 12.9. The van der Waals surface area contributed by atoms with E-state index in [-0.39, 0.29) is 5.91 Å². The Labute approximate surface area is 171 Å². The summed E-state index contributed by atoms with van der Waals surface area (Å²) in [4.78, 5) is 12.3. The van der Waals surface area contributed by atoms with Crippen LogP contribution in [0, 0.1) is 6.92 Å². The molecule has 2 rings (SSSR count). The number of ether oxygens (including phenoxy) is 1. The minimum atomic E-state index is -0.526. The van der Waals surface area contributed by atoms with Gasteiger partial charge >= 0.3 is 0 Å². The second-order valence-corrected chi connectivity index (χ2v) is 8.47. The molecule has 3 nitrogen and oxygen atoms in total. The van der Waals surface area contributed by atoms with Gasteiger partial charge in [-0.3, -0.25) is 4.79 Å². The molecule has 0 saturated heterocycles. The summed E-state index contributed by atoms with van der Waals surface area (Å²) in [7, 11) is 0. The largest absolute Gasteiger partial charge is 0.481 e. The predicted octanol–water partition coefficient (Wildman–Crippen LogP) is 5.59. The number of amides is 1. The maximum atomic E-state index is 12.3. The summed E-state index contributed by atoms with van der Waals surface area (Å²) in [5, 5.41) is 3.71. The maximum absolute atomic E-state index is 12.3. The van der Waals surface area contributed by atoms with Crippen LogP contribution in [0.3, 0.4) is 0 Å². The van der Waals surface area contributed by atoms with Crippen LogP contribution in [0.5, 0.6) is 5.75 Å². The predicted molar refractivity (Wildman–Crippen MR) is 116 cm³/mol. The molecule has 146 valence electrons. The van der Waals surface area contributed by atoms with E-state index in [0.717, 1.165) is 33.4 Å². The summed E-state index contributed by atoms with van der Waals surface area (Å²) >= 11 is 7.75. The van der Waals surface area contributed by atoms with Crippen molar-refractivity contribution in [1.82, 2.24) is 5.32 Å². The van der Waals surface area contributed by atoms with Crippen molar-refractivity contribution in [3.8, 4) is 5.75 Å². The Morgan fingerprint density at radius 2 is 1.96 bits per heavy atom. The quantitative estimate of drug-likeness (QED) is 0.552. The number of halogens is 1. The highest BCUT2D eigenvalue weighted by Crippen LogP contribution is 2.28. The molecule has 1 atom stereocenters. The van der Waals surface area contributed by atoms with Gasteiger partial charge in [0.1, 0.15) is 5.75 Å². The van der Waals surface area contributed by atoms with Crippen molar-refractivity contribution in [2.24, 2.45) is 0 Å². The van der Waals surface area contributed by atoms with Crippen LogP contribution in [-0.2, 0) is 10.5 Å². The molecule has 2 aromatic carbocycles. The fourth-order valence-electron chi connectivity index (χ4n) is 2.67. The molecule has 0 saturated carbocycles. The first kappa shape index (κ1) is 21.6. The second kappa shape index (κ2) is 10.6. The zero-order valence-corrected chi connectivity index (χ0v) is 18.0. The van der Waals surface area contributed by atoms with Gasteiger partial charge in [-0.2, -0.15) is 11.8 Å². The van der Waals surface area contributed by atoms with Crippen molar-refractivity contribution in [3.63, 3.8) is 0 Å².